The minimum Gasteiger partial charge on any atom is -0.396 e. The highest BCUT2D eigenvalue weighted by molar-refractivity contribution is 5.06. The third-order valence-electron chi connectivity index (χ3n) is 4.55. The standard InChI is InChI=1S/C11H20O2/c1-11(2)7-5-9(11)8(3-4-12)10(13)6-7/h7-10,12-13H,3-6H2,1-2H3. The summed E-state index contributed by atoms with van der Waals surface area (Å²) in [5.41, 5.74) is 0.416. The van der Waals surface area contributed by atoms with Crippen LogP contribution in [0, 0.1) is 23.2 Å². The van der Waals surface area contributed by atoms with Crippen molar-refractivity contribution in [3.63, 3.8) is 0 Å². The molecule has 0 aliphatic heterocycles. The largest absolute Gasteiger partial charge is 0.396 e. The molecule has 2 N–H and O–H groups in total. The van der Waals surface area contributed by atoms with Crippen molar-refractivity contribution in [2.24, 2.45) is 23.2 Å². The van der Waals surface area contributed by atoms with Gasteiger partial charge in [-0.1, -0.05) is 13.8 Å². The molecule has 3 rings (SSSR count). The van der Waals surface area contributed by atoms with Gasteiger partial charge in [0.1, 0.15) is 0 Å². The average molecular weight is 184 g/mol. The van der Waals surface area contributed by atoms with Gasteiger partial charge in [-0.05, 0) is 42.4 Å². The molecule has 76 valence electrons. The highest BCUT2D eigenvalue weighted by atomic mass is 16.3. The summed E-state index contributed by atoms with van der Waals surface area (Å²) in [7, 11) is 0. The SMILES string of the molecule is CC1(C)C2CC(O)C(CCO)C1C2. The quantitative estimate of drug-likeness (QED) is 0.681. The summed E-state index contributed by atoms with van der Waals surface area (Å²) in [6.45, 7) is 4.84. The van der Waals surface area contributed by atoms with Gasteiger partial charge in [0.2, 0.25) is 0 Å². The van der Waals surface area contributed by atoms with Crippen LogP contribution in [0.3, 0.4) is 0 Å². The van der Waals surface area contributed by atoms with Crippen molar-refractivity contribution < 1.29 is 10.2 Å². The van der Waals surface area contributed by atoms with E-state index < -0.39 is 0 Å². The molecule has 4 unspecified atom stereocenters. The Morgan fingerprint density at radius 1 is 1.31 bits per heavy atom. The Hall–Kier alpha value is -0.0800. The van der Waals surface area contributed by atoms with E-state index in [0.29, 0.717) is 17.3 Å². The maximum Gasteiger partial charge on any atom is 0.0574 e. The van der Waals surface area contributed by atoms with E-state index >= 15 is 0 Å². The van der Waals surface area contributed by atoms with Gasteiger partial charge in [0.15, 0.2) is 0 Å². The van der Waals surface area contributed by atoms with Crippen LogP contribution in [0.2, 0.25) is 0 Å². The molecule has 0 saturated heterocycles. The Balaban J connectivity index is 2.08. The normalized spacial score (nSPS) is 47.1. The molecule has 2 nitrogen and oxygen atoms in total. The van der Waals surface area contributed by atoms with E-state index in [1.807, 2.05) is 0 Å². The molecule has 0 aromatic carbocycles. The maximum atomic E-state index is 9.82. The van der Waals surface area contributed by atoms with Crippen LogP contribution in [-0.2, 0) is 0 Å². The molecule has 0 spiro atoms. The zero-order valence-corrected chi connectivity index (χ0v) is 8.53. The van der Waals surface area contributed by atoms with E-state index in [1.165, 1.54) is 6.42 Å². The minimum absolute atomic E-state index is 0.149. The number of hydrogen-bond acceptors (Lipinski definition) is 2. The fraction of sp³-hybridized carbons (Fsp3) is 1.00. The highest BCUT2D eigenvalue weighted by Gasteiger charge is 2.56. The Kier molecular flexibility index (Phi) is 2.16. The second kappa shape index (κ2) is 2.96. The van der Waals surface area contributed by atoms with E-state index in [1.54, 1.807) is 0 Å². The van der Waals surface area contributed by atoms with Gasteiger partial charge in [-0.2, -0.15) is 0 Å². The van der Waals surface area contributed by atoms with Gasteiger partial charge in [0.05, 0.1) is 6.10 Å². The molecule has 2 bridgehead atoms. The molecule has 3 saturated carbocycles. The lowest BCUT2D eigenvalue weighted by Crippen LogP contribution is -2.57. The predicted octanol–water partition coefficient (Wildman–Crippen LogP) is 1.41. The molecule has 3 fully saturated rings. The van der Waals surface area contributed by atoms with E-state index in [-0.39, 0.29) is 12.7 Å². The molecule has 0 amide bonds. The topological polar surface area (TPSA) is 40.5 Å². The van der Waals surface area contributed by atoms with Crippen molar-refractivity contribution in [2.75, 3.05) is 6.61 Å². The van der Waals surface area contributed by atoms with Crippen LogP contribution in [-0.4, -0.2) is 22.9 Å². The van der Waals surface area contributed by atoms with E-state index in [9.17, 15) is 5.11 Å². The summed E-state index contributed by atoms with van der Waals surface area (Å²) in [6.07, 6.45) is 2.86. The number of fused-ring (bicyclic) bond motifs is 2. The van der Waals surface area contributed by atoms with Crippen LogP contribution in [0.4, 0.5) is 0 Å². The molecule has 0 heterocycles. The van der Waals surface area contributed by atoms with E-state index in [0.717, 1.165) is 18.8 Å². The summed E-state index contributed by atoms with van der Waals surface area (Å²) in [4.78, 5) is 0. The molecule has 0 aromatic heterocycles. The number of rotatable bonds is 2. The fourth-order valence-corrected chi connectivity index (χ4v) is 3.46. The fourth-order valence-electron chi connectivity index (χ4n) is 3.46. The van der Waals surface area contributed by atoms with E-state index in [4.69, 9.17) is 5.11 Å². The molecule has 0 radical (unpaired) electrons. The minimum atomic E-state index is -0.149. The first-order valence-corrected chi connectivity index (χ1v) is 5.36. The zero-order valence-electron chi connectivity index (χ0n) is 8.53. The van der Waals surface area contributed by atoms with Gasteiger partial charge in [-0.3, -0.25) is 0 Å². The van der Waals surface area contributed by atoms with Crippen LogP contribution in [0.25, 0.3) is 0 Å². The smallest absolute Gasteiger partial charge is 0.0574 e. The first-order chi connectivity index (χ1) is 6.07. The molecule has 0 aromatic rings. The van der Waals surface area contributed by atoms with Crippen LogP contribution < -0.4 is 0 Å². The summed E-state index contributed by atoms with van der Waals surface area (Å²) >= 11 is 0. The monoisotopic (exact) mass is 184 g/mol. The van der Waals surface area contributed by atoms with Crippen molar-refractivity contribution >= 4 is 0 Å². The summed E-state index contributed by atoms with van der Waals surface area (Å²) in [6, 6.07) is 0. The third-order valence-corrected chi connectivity index (χ3v) is 4.55. The van der Waals surface area contributed by atoms with Crippen molar-refractivity contribution in [1.29, 1.82) is 0 Å². The van der Waals surface area contributed by atoms with Crippen molar-refractivity contribution in [3.05, 3.63) is 0 Å². The first-order valence-electron chi connectivity index (χ1n) is 5.36. The van der Waals surface area contributed by atoms with Gasteiger partial charge in [0.25, 0.3) is 0 Å². The molecule has 3 aliphatic rings. The Morgan fingerprint density at radius 2 is 2.00 bits per heavy atom. The number of aliphatic hydroxyl groups excluding tert-OH is 2. The summed E-state index contributed by atoms with van der Waals surface area (Å²) in [5.74, 6) is 1.72. The van der Waals surface area contributed by atoms with Crippen LogP contribution in [0.5, 0.6) is 0 Å². The predicted molar refractivity (Wildman–Crippen MR) is 51.2 cm³/mol. The highest BCUT2D eigenvalue weighted by Crippen LogP contribution is 2.61. The molecule has 2 heteroatoms. The molecular formula is C11H20O2. The Bertz CT molecular complexity index is 200. The second-order valence-electron chi connectivity index (χ2n) is 5.34. The Morgan fingerprint density at radius 3 is 2.54 bits per heavy atom. The van der Waals surface area contributed by atoms with Crippen LogP contribution in [0.15, 0.2) is 0 Å². The Labute approximate surface area is 80.0 Å². The lowest BCUT2D eigenvalue weighted by molar-refractivity contribution is -0.164. The van der Waals surface area contributed by atoms with Crippen LogP contribution in [0.1, 0.15) is 33.1 Å². The zero-order chi connectivity index (χ0) is 9.64. The number of aliphatic hydroxyl groups is 2. The van der Waals surface area contributed by atoms with Crippen molar-refractivity contribution in [2.45, 2.75) is 39.2 Å². The van der Waals surface area contributed by atoms with Crippen LogP contribution >= 0.6 is 0 Å². The molecule has 4 atom stereocenters. The van der Waals surface area contributed by atoms with E-state index in [2.05, 4.69) is 13.8 Å². The molecular weight excluding hydrogens is 164 g/mol. The lowest BCUT2D eigenvalue weighted by Gasteiger charge is -2.61. The molecule has 3 aliphatic carbocycles. The third kappa shape index (κ3) is 1.23. The second-order valence-corrected chi connectivity index (χ2v) is 5.34. The first kappa shape index (κ1) is 9.47. The maximum absolute atomic E-state index is 9.82. The average Bonchev–Trinajstić information content (AvgIpc) is 2.08. The van der Waals surface area contributed by atoms with Gasteiger partial charge >= 0.3 is 0 Å². The van der Waals surface area contributed by atoms with Crippen molar-refractivity contribution in [1.82, 2.24) is 0 Å². The van der Waals surface area contributed by atoms with Gasteiger partial charge in [-0.25, -0.2) is 0 Å². The van der Waals surface area contributed by atoms with Gasteiger partial charge < -0.3 is 10.2 Å². The number of hydrogen-bond donors (Lipinski definition) is 2. The van der Waals surface area contributed by atoms with Crippen molar-refractivity contribution in [3.8, 4) is 0 Å². The van der Waals surface area contributed by atoms with Gasteiger partial charge in [-0.15, -0.1) is 0 Å². The summed E-state index contributed by atoms with van der Waals surface area (Å²) in [5, 5.41) is 18.8. The molecule has 13 heavy (non-hydrogen) atoms. The lowest BCUT2D eigenvalue weighted by atomic mass is 9.44. The summed E-state index contributed by atoms with van der Waals surface area (Å²) < 4.78 is 0. The van der Waals surface area contributed by atoms with Gasteiger partial charge in [0, 0.05) is 6.61 Å².